The standard InChI is InChI=1S/C29H49N3O4.2ClH/c1-21(2)22(18-26(30)27(33)20-32-23-10-8-11-24(32)13-9-12-23)19-31-29(34)25-14-4-5-15-28(25)36-17-7-6-16-35-3;;/h4-5,14-15,21-24,26-27,33H,6-13,16-20,30H2,1-3H3,(H,31,34);2*1H. The van der Waals surface area contributed by atoms with Gasteiger partial charge in [0.1, 0.15) is 5.75 Å². The largest absolute Gasteiger partial charge is 0.493 e. The van der Waals surface area contributed by atoms with Crippen LogP contribution in [0.4, 0.5) is 0 Å². The van der Waals surface area contributed by atoms with Crippen molar-refractivity contribution in [2.75, 3.05) is 33.4 Å². The number of carbonyl (C=O) groups excluding carboxylic acids is 1. The number of hydrogen-bond donors (Lipinski definition) is 3. The Morgan fingerprint density at radius 3 is 2.29 bits per heavy atom. The number of fused-ring (bicyclic) bond motifs is 2. The van der Waals surface area contributed by atoms with E-state index in [1.807, 2.05) is 18.2 Å². The number of carbonyl (C=O) groups is 1. The summed E-state index contributed by atoms with van der Waals surface area (Å²) in [5, 5.41) is 14.1. The second-order valence-electron chi connectivity index (χ2n) is 11.1. The molecule has 3 atom stereocenters. The number of aliphatic hydroxyl groups is 1. The van der Waals surface area contributed by atoms with E-state index >= 15 is 0 Å². The zero-order valence-electron chi connectivity index (χ0n) is 23.5. The quantitative estimate of drug-likeness (QED) is 0.259. The summed E-state index contributed by atoms with van der Waals surface area (Å²) < 4.78 is 11.0. The van der Waals surface area contributed by atoms with Crippen molar-refractivity contribution in [1.29, 1.82) is 0 Å². The molecular weight excluding hydrogens is 525 g/mol. The third-order valence-corrected chi connectivity index (χ3v) is 8.15. The lowest BCUT2D eigenvalue weighted by atomic mass is 9.83. The van der Waals surface area contributed by atoms with Crippen LogP contribution in [0.5, 0.6) is 5.75 Å². The van der Waals surface area contributed by atoms with Crippen LogP contribution in [-0.2, 0) is 4.74 Å². The number of nitrogens with one attached hydrogen (secondary N) is 1. The first-order chi connectivity index (χ1) is 17.4. The first kappa shape index (κ1) is 34.9. The van der Waals surface area contributed by atoms with E-state index in [2.05, 4.69) is 24.1 Å². The van der Waals surface area contributed by atoms with Crippen LogP contribution in [0.25, 0.3) is 0 Å². The van der Waals surface area contributed by atoms with E-state index in [4.69, 9.17) is 15.2 Å². The molecule has 0 aromatic heterocycles. The Labute approximate surface area is 242 Å². The number of aliphatic hydroxyl groups excluding tert-OH is 1. The summed E-state index contributed by atoms with van der Waals surface area (Å²) in [6.07, 6.45) is 9.54. The van der Waals surface area contributed by atoms with Gasteiger partial charge in [-0.3, -0.25) is 9.69 Å². The molecule has 0 aliphatic carbocycles. The molecule has 2 heterocycles. The minimum atomic E-state index is -0.546. The number of piperidine rings is 2. The molecule has 0 saturated carbocycles. The molecular formula is C29H51Cl2N3O4. The van der Waals surface area contributed by atoms with Crippen LogP contribution in [0.15, 0.2) is 24.3 Å². The Morgan fingerprint density at radius 2 is 1.68 bits per heavy atom. The maximum absolute atomic E-state index is 13.0. The van der Waals surface area contributed by atoms with Crippen molar-refractivity contribution < 1.29 is 19.4 Å². The van der Waals surface area contributed by atoms with Gasteiger partial charge >= 0.3 is 0 Å². The summed E-state index contributed by atoms with van der Waals surface area (Å²) in [6.45, 7) is 6.76. The SMILES string of the molecule is COCCCCOc1ccccc1C(=O)NCC(CC(N)C(O)CN1C2CCCC1CCC2)C(C)C.Cl.Cl. The molecule has 1 aromatic rings. The molecule has 3 unspecified atom stereocenters. The van der Waals surface area contributed by atoms with Crippen LogP contribution < -0.4 is 15.8 Å². The normalized spacial score (nSPS) is 21.5. The molecule has 1 aromatic carbocycles. The monoisotopic (exact) mass is 575 g/mol. The summed E-state index contributed by atoms with van der Waals surface area (Å²) in [4.78, 5) is 15.6. The fraction of sp³-hybridized carbons (Fsp3) is 0.759. The second kappa shape index (κ2) is 18.3. The van der Waals surface area contributed by atoms with Gasteiger partial charge in [-0.2, -0.15) is 0 Å². The molecule has 2 bridgehead atoms. The summed E-state index contributed by atoms with van der Waals surface area (Å²) in [5.41, 5.74) is 7.09. The Kier molecular flexibility index (Phi) is 16.8. The highest BCUT2D eigenvalue weighted by Crippen LogP contribution is 2.34. The molecule has 3 rings (SSSR count). The van der Waals surface area contributed by atoms with E-state index in [1.165, 1.54) is 38.5 Å². The summed E-state index contributed by atoms with van der Waals surface area (Å²) in [6, 6.07) is 8.30. The van der Waals surface area contributed by atoms with Crippen LogP contribution in [-0.4, -0.2) is 73.6 Å². The maximum atomic E-state index is 13.0. The lowest BCUT2D eigenvalue weighted by Crippen LogP contribution is -2.55. The number of unbranched alkanes of at least 4 members (excludes halogenated alkanes) is 1. The third-order valence-electron chi connectivity index (χ3n) is 8.15. The summed E-state index contributed by atoms with van der Waals surface area (Å²) >= 11 is 0. The lowest BCUT2D eigenvalue weighted by molar-refractivity contribution is -0.00827. The number of nitrogens with two attached hydrogens (primary N) is 1. The third kappa shape index (κ3) is 10.5. The van der Waals surface area contributed by atoms with Crippen LogP contribution >= 0.6 is 24.8 Å². The molecule has 1 amide bonds. The summed E-state index contributed by atoms with van der Waals surface area (Å²) in [5.74, 6) is 0.989. The first-order valence-corrected chi connectivity index (χ1v) is 14.1. The van der Waals surface area contributed by atoms with Gasteiger partial charge in [-0.25, -0.2) is 0 Å². The average Bonchev–Trinajstić information content (AvgIpc) is 2.86. The number of nitrogens with zero attached hydrogens (tertiary/aromatic N) is 1. The number of para-hydroxylation sites is 1. The van der Waals surface area contributed by atoms with E-state index in [1.54, 1.807) is 13.2 Å². The van der Waals surface area contributed by atoms with Crippen LogP contribution in [0, 0.1) is 11.8 Å². The predicted octanol–water partition coefficient (Wildman–Crippen LogP) is 4.82. The van der Waals surface area contributed by atoms with E-state index in [0.717, 1.165) is 12.8 Å². The zero-order valence-corrected chi connectivity index (χ0v) is 25.1. The Hall–Kier alpha value is -1.09. The minimum Gasteiger partial charge on any atom is -0.493 e. The molecule has 2 aliphatic heterocycles. The zero-order chi connectivity index (χ0) is 25.9. The molecule has 2 fully saturated rings. The van der Waals surface area contributed by atoms with E-state index in [-0.39, 0.29) is 42.7 Å². The Bertz CT molecular complexity index is 779. The number of ether oxygens (including phenoxy) is 2. The van der Waals surface area contributed by atoms with Gasteiger partial charge in [0, 0.05) is 44.9 Å². The predicted molar refractivity (Wildman–Crippen MR) is 159 cm³/mol. The average molecular weight is 577 g/mol. The molecule has 7 nitrogen and oxygen atoms in total. The maximum Gasteiger partial charge on any atom is 0.255 e. The van der Waals surface area contributed by atoms with Crippen molar-refractivity contribution in [3.8, 4) is 5.75 Å². The molecule has 4 N–H and O–H groups in total. The molecule has 2 aliphatic rings. The Balaban J connectivity index is 0.00000361. The highest BCUT2D eigenvalue weighted by molar-refractivity contribution is 5.96. The second-order valence-corrected chi connectivity index (χ2v) is 11.1. The number of amides is 1. The van der Waals surface area contributed by atoms with Crippen molar-refractivity contribution in [1.82, 2.24) is 10.2 Å². The van der Waals surface area contributed by atoms with Gasteiger partial charge in [0.15, 0.2) is 0 Å². The van der Waals surface area contributed by atoms with E-state index in [0.29, 0.717) is 62.0 Å². The van der Waals surface area contributed by atoms with Gasteiger partial charge in [0.25, 0.3) is 5.91 Å². The number of methoxy groups -OCH3 is 1. The van der Waals surface area contributed by atoms with E-state index in [9.17, 15) is 9.90 Å². The van der Waals surface area contributed by atoms with Crippen LogP contribution in [0.2, 0.25) is 0 Å². The van der Waals surface area contributed by atoms with E-state index < -0.39 is 6.10 Å². The highest BCUT2D eigenvalue weighted by atomic mass is 35.5. The van der Waals surface area contributed by atoms with Gasteiger partial charge in [0.05, 0.1) is 18.3 Å². The van der Waals surface area contributed by atoms with Gasteiger partial charge in [-0.1, -0.05) is 38.8 Å². The number of rotatable bonds is 15. The van der Waals surface area contributed by atoms with Crippen LogP contribution in [0.3, 0.4) is 0 Å². The summed E-state index contributed by atoms with van der Waals surface area (Å²) in [7, 11) is 1.69. The molecule has 38 heavy (non-hydrogen) atoms. The van der Waals surface area contributed by atoms with Crippen LogP contribution in [0.1, 0.15) is 82.0 Å². The first-order valence-electron chi connectivity index (χ1n) is 14.1. The van der Waals surface area contributed by atoms with Crippen molar-refractivity contribution >= 4 is 30.7 Å². The molecule has 0 spiro atoms. The lowest BCUT2D eigenvalue weighted by Gasteiger charge is -2.47. The van der Waals surface area contributed by atoms with Gasteiger partial charge < -0.3 is 25.6 Å². The highest BCUT2D eigenvalue weighted by Gasteiger charge is 2.36. The smallest absolute Gasteiger partial charge is 0.255 e. The van der Waals surface area contributed by atoms with Crippen molar-refractivity contribution in [3.05, 3.63) is 29.8 Å². The topological polar surface area (TPSA) is 97.0 Å². The molecule has 0 radical (unpaired) electrons. The molecule has 220 valence electrons. The van der Waals surface area contributed by atoms with Gasteiger partial charge in [0.2, 0.25) is 0 Å². The Morgan fingerprint density at radius 1 is 1.08 bits per heavy atom. The fourth-order valence-electron chi connectivity index (χ4n) is 5.81. The van der Waals surface area contributed by atoms with Gasteiger partial charge in [-0.15, -0.1) is 24.8 Å². The molecule has 2 saturated heterocycles. The number of halogens is 2. The fourth-order valence-corrected chi connectivity index (χ4v) is 5.81. The molecule has 9 heteroatoms. The number of hydrogen-bond acceptors (Lipinski definition) is 6. The van der Waals surface area contributed by atoms with Gasteiger partial charge in [-0.05, 0) is 68.9 Å². The van der Waals surface area contributed by atoms with Crippen molar-refractivity contribution in [2.24, 2.45) is 17.6 Å². The minimum absolute atomic E-state index is 0. The van der Waals surface area contributed by atoms with Crippen molar-refractivity contribution in [3.63, 3.8) is 0 Å². The number of benzene rings is 1. The van der Waals surface area contributed by atoms with Crippen molar-refractivity contribution in [2.45, 2.75) is 95.9 Å².